The zero-order chi connectivity index (χ0) is 20.3. The summed E-state index contributed by atoms with van der Waals surface area (Å²) in [4.78, 5) is 20.5. The van der Waals surface area contributed by atoms with Crippen molar-refractivity contribution in [2.24, 2.45) is 0 Å². The van der Waals surface area contributed by atoms with E-state index in [0.29, 0.717) is 5.92 Å². The smallest absolute Gasteiger partial charge is 0.241 e. The Hall–Kier alpha value is -2.92. The molecule has 0 radical (unpaired) electrons. The third kappa shape index (κ3) is 4.03. The fourth-order valence-corrected chi connectivity index (χ4v) is 4.65. The molecule has 2 fully saturated rings. The topological polar surface area (TPSA) is 69.8 Å². The van der Waals surface area contributed by atoms with Gasteiger partial charge in [-0.05, 0) is 61.1 Å². The van der Waals surface area contributed by atoms with Crippen LogP contribution in [0.4, 0.5) is 5.69 Å². The van der Waals surface area contributed by atoms with Gasteiger partial charge in [0.25, 0.3) is 0 Å². The van der Waals surface area contributed by atoms with E-state index in [9.17, 15) is 4.79 Å². The summed E-state index contributed by atoms with van der Waals surface area (Å²) < 4.78 is 0. The van der Waals surface area contributed by atoms with Crippen molar-refractivity contribution in [3.8, 4) is 22.4 Å². The summed E-state index contributed by atoms with van der Waals surface area (Å²) in [7, 11) is 0. The summed E-state index contributed by atoms with van der Waals surface area (Å²) >= 11 is 0. The first-order valence-corrected chi connectivity index (χ1v) is 11.1. The maximum absolute atomic E-state index is 12.4. The Bertz CT molecular complexity index is 1010. The molecule has 2 aromatic carbocycles. The van der Waals surface area contributed by atoms with E-state index in [0.717, 1.165) is 53.3 Å². The molecule has 1 atom stereocenters. The van der Waals surface area contributed by atoms with Gasteiger partial charge in [-0.2, -0.15) is 0 Å². The predicted molar refractivity (Wildman–Crippen MR) is 120 cm³/mol. The van der Waals surface area contributed by atoms with Gasteiger partial charge in [0.15, 0.2) is 0 Å². The summed E-state index contributed by atoms with van der Waals surface area (Å²) in [5.74, 6) is 1.78. The van der Waals surface area contributed by atoms with Gasteiger partial charge in [0.05, 0.1) is 17.9 Å². The number of nitrogens with one attached hydrogen (secondary N) is 3. The first-order chi connectivity index (χ1) is 14.8. The maximum atomic E-state index is 12.4. The lowest BCUT2D eigenvalue weighted by Crippen LogP contribution is -2.35. The molecule has 1 saturated heterocycles. The van der Waals surface area contributed by atoms with Gasteiger partial charge < -0.3 is 15.6 Å². The Kier molecular flexibility index (Phi) is 5.37. The molecule has 1 aliphatic heterocycles. The quantitative estimate of drug-likeness (QED) is 0.559. The van der Waals surface area contributed by atoms with E-state index in [1.807, 2.05) is 24.4 Å². The van der Waals surface area contributed by atoms with Crippen molar-refractivity contribution >= 4 is 11.6 Å². The number of imidazole rings is 1. The van der Waals surface area contributed by atoms with E-state index < -0.39 is 0 Å². The van der Waals surface area contributed by atoms with Crippen LogP contribution in [-0.2, 0) is 4.79 Å². The van der Waals surface area contributed by atoms with Gasteiger partial charge in [0.2, 0.25) is 5.91 Å². The van der Waals surface area contributed by atoms with E-state index in [1.165, 1.54) is 25.7 Å². The number of carbonyl (C=O) groups excluding carboxylic acids is 1. The second-order valence-electron chi connectivity index (χ2n) is 8.46. The Balaban J connectivity index is 1.30. The molecular weight excluding hydrogens is 372 g/mol. The molecule has 1 amide bonds. The number of hydrogen-bond acceptors (Lipinski definition) is 3. The molecular formula is C25H28N4O. The van der Waals surface area contributed by atoms with Crippen LogP contribution in [0.5, 0.6) is 0 Å². The molecule has 0 spiro atoms. The van der Waals surface area contributed by atoms with Crippen molar-refractivity contribution in [2.75, 3.05) is 11.9 Å². The molecule has 1 aliphatic carbocycles. The largest absolute Gasteiger partial charge is 0.342 e. The fraction of sp³-hybridized carbons (Fsp3) is 0.360. The molecule has 30 heavy (non-hydrogen) atoms. The van der Waals surface area contributed by atoms with E-state index in [-0.39, 0.29) is 11.9 Å². The van der Waals surface area contributed by atoms with E-state index in [2.05, 4.69) is 50.9 Å². The molecule has 3 N–H and O–H groups in total. The number of aromatic amines is 1. The van der Waals surface area contributed by atoms with Crippen LogP contribution < -0.4 is 10.6 Å². The van der Waals surface area contributed by atoms with Crippen LogP contribution >= 0.6 is 0 Å². The Morgan fingerprint density at radius 3 is 2.50 bits per heavy atom. The average molecular weight is 401 g/mol. The standard InChI is InChI=1S/C25H28N4O/c30-25(22-9-4-14-26-22)28-21-8-3-7-20(15-21)17-10-12-18(13-11-17)23-16-27-24(29-23)19-5-1-2-6-19/h3,7-8,10-13,15-16,19,22,26H,1-2,4-6,9,14H2,(H,27,29)(H,28,30)/t22-/m0/s1. The summed E-state index contributed by atoms with van der Waals surface area (Å²) in [5.41, 5.74) is 5.28. The molecule has 5 nitrogen and oxygen atoms in total. The van der Waals surface area contributed by atoms with Gasteiger partial charge in [0.1, 0.15) is 5.82 Å². The highest BCUT2D eigenvalue weighted by Gasteiger charge is 2.22. The molecule has 5 rings (SSSR count). The lowest BCUT2D eigenvalue weighted by Gasteiger charge is -2.12. The minimum atomic E-state index is -0.0727. The van der Waals surface area contributed by atoms with Gasteiger partial charge in [-0.1, -0.05) is 49.2 Å². The van der Waals surface area contributed by atoms with Crippen molar-refractivity contribution in [1.82, 2.24) is 15.3 Å². The van der Waals surface area contributed by atoms with E-state index in [1.54, 1.807) is 0 Å². The number of aromatic nitrogens is 2. The second-order valence-corrected chi connectivity index (χ2v) is 8.46. The highest BCUT2D eigenvalue weighted by molar-refractivity contribution is 5.95. The number of amides is 1. The lowest BCUT2D eigenvalue weighted by atomic mass is 10.0. The molecule has 1 aromatic heterocycles. The molecule has 0 unspecified atom stereocenters. The third-order valence-corrected chi connectivity index (χ3v) is 6.37. The number of nitrogens with zero attached hydrogens (tertiary/aromatic N) is 1. The first kappa shape index (κ1) is 19.1. The monoisotopic (exact) mass is 400 g/mol. The highest BCUT2D eigenvalue weighted by atomic mass is 16.2. The molecule has 3 aromatic rings. The van der Waals surface area contributed by atoms with Gasteiger partial charge in [0, 0.05) is 11.6 Å². The molecule has 154 valence electrons. The van der Waals surface area contributed by atoms with Gasteiger partial charge in [-0.25, -0.2) is 4.98 Å². The third-order valence-electron chi connectivity index (χ3n) is 6.37. The predicted octanol–water partition coefficient (Wildman–Crippen LogP) is 5.09. The van der Waals surface area contributed by atoms with Gasteiger partial charge in [-0.15, -0.1) is 0 Å². The van der Waals surface area contributed by atoms with E-state index in [4.69, 9.17) is 0 Å². The van der Waals surface area contributed by atoms with Crippen LogP contribution in [0.25, 0.3) is 22.4 Å². The summed E-state index contributed by atoms with van der Waals surface area (Å²) in [5, 5.41) is 6.29. The molecule has 0 bridgehead atoms. The fourth-order valence-electron chi connectivity index (χ4n) is 4.65. The van der Waals surface area contributed by atoms with Crippen LogP contribution in [0.15, 0.2) is 54.7 Å². The van der Waals surface area contributed by atoms with Crippen molar-refractivity contribution in [3.63, 3.8) is 0 Å². The minimum absolute atomic E-state index is 0.0531. The van der Waals surface area contributed by atoms with Crippen molar-refractivity contribution in [3.05, 3.63) is 60.6 Å². The number of anilines is 1. The Morgan fingerprint density at radius 2 is 1.73 bits per heavy atom. The number of hydrogen-bond donors (Lipinski definition) is 3. The van der Waals surface area contributed by atoms with Crippen LogP contribution in [0.2, 0.25) is 0 Å². The minimum Gasteiger partial charge on any atom is -0.342 e. The van der Waals surface area contributed by atoms with Crippen molar-refractivity contribution in [1.29, 1.82) is 0 Å². The summed E-state index contributed by atoms with van der Waals surface area (Å²) in [6.45, 7) is 0.920. The zero-order valence-corrected chi connectivity index (χ0v) is 17.2. The Labute approximate surface area is 177 Å². The van der Waals surface area contributed by atoms with Crippen LogP contribution in [0, 0.1) is 0 Å². The first-order valence-electron chi connectivity index (χ1n) is 11.1. The number of H-pyrrole nitrogens is 1. The summed E-state index contributed by atoms with van der Waals surface area (Å²) in [6.07, 6.45) is 9.03. The average Bonchev–Trinajstić information content (AvgIpc) is 3.56. The van der Waals surface area contributed by atoms with Crippen LogP contribution in [0.3, 0.4) is 0 Å². The van der Waals surface area contributed by atoms with Crippen LogP contribution in [-0.4, -0.2) is 28.5 Å². The Morgan fingerprint density at radius 1 is 0.933 bits per heavy atom. The molecule has 2 heterocycles. The zero-order valence-electron chi connectivity index (χ0n) is 17.2. The van der Waals surface area contributed by atoms with Gasteiger partial charge in [-0.3, -0.25) is 4.79 Å². The van der Waals surface area contributed by atoms with Crippen molar-refractivity contribution in [2.45, 2.75) is 50.5 Å². The number of rotatable bonds is 5. The SMILES string of the molecule is O=C(Nc1cccc(-c2ccc(-c3cnc(C4CCCC4)[nH]3)cc2)c1)[C@@H]1CCCN1. The lowest BCUT2D eigenvalue weighted by molar-refractivity contribution is -0.117. The maximum Gasteiger partial charge on any atom is 0.241 e. The second kappa shape index (κ2) is 8.44. The van der Waals surface area contributed by atoms with Crippen molar-refractivity contribution < 1.29 is 4.79 Å². The number of carbonyl (C=O) groups is 1. The highest BCUT2D eigenvalue weighted by Crippen LogP contribution is 2.33. The number of benzene rings is 2. The summed E-state index contributed by atoms with van der Waals surface area (Å²) in [6, 6.07) is 16.5. The molecule has 1 saturated carbocycles. The normalized spacial score (nSPS) is 19.3. The van der Waals surface area contributed by atoms with Gasteiger partial charge >= 0.3 is 0 Å². The molecule has 5 heteroatoms. The van der Waals surface area contributed by atoms with E-state index >= 15 is 0 Å². The van der Waals surface area contributed by atoms with Crippen LogP contribution in [0.1, 0.15) is 50.3 Å². The molecule has 2 aliphatic rings.